The number of hydrogen-bond donors (Lipinski definition) is 0. The number of amides is 1. The van der Waals surface area contributed by atoms with Crippen molar-refractivity contribution >= 4 is 38.9 Å². The Bertz CT molecular complexity index is 1130. The molecule has 0 unspecified atom stereocenters. The summed E-state index contributed by atoms with van der Waals surface area (Å²) in [4.78, 5) is 16.2. The van der Waals surface area contributed by atoms with Crippen LogP contribution < -0.4 is 9.21 Å². The number of halogens is 4. The van der Waals surface area contributed by atoms with Crippen LogP contribution in [0.2, 0.25) is 5.02 Å². The summed E-state index contributed by atoms with van der Waals surface area (Å²) < 4.78 is 64.9. The van der Waals surface area contributed by atoms with Gasteiger partial charge in [-0.05, 0) is 49.2 Å². The molecule has 1 saturated heterocycles. The van der Waals surface area contributed by atoms with E-state index in [9.17, 15) is 26.4 Å². The summed E-state index contributed by atoms with van der Waals surface area (Å²) >= 11 is 6.14. The van der Waals surface area contributed by atoms with Crippen molar-refractivity contribution in [2.45, 2.75) is 25.9 Å². The zero-order valence-electron chi connectivity index (χ0n) is 19.0. The van der Waals surface area contributed by atoms with Crippen LogP contribution in [0.1, 0.15) is 24.0 Å². The van der Waals surface area contributed by atoms with Crippen LogP contribution in [0.4, 0.5) is 24.5 Å². The molecule has 1 fully saturated rings. The summed E-state index contributed by atoms with van der Waals surface area (Å²) in [6, 6.07) is 10.2. The quantitative estimate of drug-likeness (QED) is 0.540. The lowest BCUT2D eigenvalue weighted by Crippen LogP contribution is -2.49. The molecule has 1 heterocycles. The molecular weight excluding hydrogens is 491 g/mol. The molecule has 0 radical (unpaired) electrons. The largest absolute Gasteiger partial charge is 0.416 e. The highest BCUT2D eigenvalue weighted by Gasteiger charge is 2.31. The molecule has 1 aliphatic heterocycles. The second kappa shape index (κ2) is 10.4. The number of piperazine rings is 1. The molecule has 0 spiro atoms. The molecule has 2 aromatic carbocycles. The Balaban J connectivity index is 1.56. The van der Waals surface area contributed by atoms with Crippen LogP contribution in [0.25, 0.3) is 0 Å². The van der Waals surface area contributed by atoms with Crippen molar-refractivity contribution in [1.29, 1.82) is 0 Å². The minimum atomic E-state index is -4.41. The zero-order chi connectivity index (χ0) is 25.1. The predicted molar refractivity (Wildman–Crippen MR) is 128 cm³/mol. The van der Waals surface area contributed by atoms with E-state index in [2.05, 4.69) is 0 Å². The molecule has 1 amide bonds. The number of alkyl halides is 3. The van der Waals surface area contributed by atoms with Gasteiger partial charge in [0.2, 0.25) is 15.9 Å². The number of sulfonamides is 1. The van der Waals surface area contributed by atoms with Gasteiger partial charge in [-0.2, -0.15) is 13.2 Å². The first-order valence-electron chi connectivity index (χ1n) is 10.8. The monoisotopic (exact) mass is 517 g/mol. The molecule has 2 aromatic rings. The van der Waals surface area contributed by atoms with Gasteiger partial charge < -0.3 is 9.80 Å². The van der Waals surface area contributed by atoms with Crippen molar-refractivity contribution in [3.8, 4) is 0 Å². The van der Waals surface area contributed by atoms with E-state index < -0.39 is 21.8 Å². The Labute approximate surface area is 202 Å². The molecule has 3 rings (SSSR count). The highest BCUT2D eigenvalue weighted by atomic mass is 35.5. The molecule has 34 heavy (non-hydrogen) atoms. The van der Waals surface area contributed by atoms with Gasteiger partial charge in [0.05, 0.1) is 17.5 Å². The van der Waals surface area contributed by atoms with Crippen LogP contribution in [0.5, 0.6) is 0 Å². The molecule has 0 bridgehead atoms. The Morgan fingerprint density at radius 2 is 1.74 bits per heavy atom. The molecule has 6 nitrogen and oxygen atoms in total. The first kappa shape index (κ1) is 26.2. The first-order chi connectivity index (χ1) is 15.9. The molecule has 0 N–H and O–H groups in total. The number of nitrogens with zero attached hydrogens (tertiary/aromatic N) is 3. The summed E-state index contributed by atoms with van der Waals surface area (Å²) in [7, 11) is -3.57. The van der Waals surface area contributed by atoms with Gasteiger partial charge in [0, 0.05) is 49.9 Å². The summed E-state index contributed by atoms with van der Waals surface area (Å²) in [6.45, 7) is 3.49. The van der Waals surface area contributed by atoms with E-state index in [-0.39, 0.29) is 18.9 Å². The van der Waals surface area contributed by atoms with Crippen LogP contribution in [-0.4, -0.2) is 58.2 Å². The Hall–Kier alpha value is -2.46. The average molecular weight is 518 g/mol. The van der Waals surface area contributed by atoms with E-state index in [1.54, 1.807) is 36.1 Å². The van der Waals surface area contributed by atoms with Crippen LogP contribution in [-0.2, 0) is 21.0 Å². The fourth-order valence-corrected chi connectivity index (χ4v) is 5.14. The average Bonchev–Trinajstić information content (AvgIpc) is 2.78. The van der Waals surface area contributed by atoms with E-state index in [4.69, 9.17) is 11.6 Å². The van der Waals surface area contributed by atoms with E-state index in [1.165, 1.54) is 10.4 Å². The lowest BCUT2D eigenvalue weighted by molar-refractivity contribution is -0.137. The highest BCUT2D eigenvalue weighted by molar-refractivity contribution is 7.92. The third-order valence-electron chi connectivity index (χ3n) is 5.83. The van der Waals surface area contributed by atoms with Crippen molar-refractivity contribution in [3.63, 3.8) is 0 Å². The van der Waals surface area contributed by atoms with Crippen molar-refractivity contribution in [1.82, 2.24) is 4.90 Å². The second-order valence-electron chi connectivity index (χ2n) is 8.24. The molecule has 0 saturated carbocycles. The van der Waals surface area contributed by atoms with Crippen LogP contribution in [0, 0.1) is 6.92 Å². The smallest absolute Gasteiger partial charge is 0.368 e. The highest BCUT2D eigenvalue weighted by Crippen LogP contribution is 2.32. The standard InChI is InChI=1S/C23H27ClF3N3O3S/c1-17-20(24)8-4-9-21(17)30(34(2,32)33)11-5-10-22(31)29-14-12-28(13-15-29)19-7-3-6-18(16-19)23(25,26)27/h3-4,6-9,16H,5,10-15H2,1-2H3. The minimum Gasteiger partial charge on any atom is -0.368 e. The number of anilines is 2. The normalized spacial score (nSPS) is 14.9. The van der Waals surface area contributed by atoms with E-state index in [0.29, 0.717) is 54.6 Å². The second-order valence-corrected chi connectivity index (χ2v) is 10.6. The van der Waals surface area contributed by atoms with Gasteiger partial charge in [-0.15, -0.1) is 0 Å². The summed E-state index contributed by atoms with van der Waals surface area (Å²) in [5.41, 5.74) is 0.903. The third-order valence-corrected chi connectivity index (χ3v) is 7.42. The van der Waals surface area contributed by atoms with E-state index in [0.717, 1.165) is 18.4 Å². The number of rotatable bonds is 7. The fourth-order valence-electron chi connectivity index (χ4n) is 3.96. The van der Waals surface area contributed by atoms with E-state index >= 15 is 0 Å². The minimum absolute atomic E-state index is 0.111. The Morgan fingerprint density at radius 3 is 2.35 bits per heavy atom. The van der Waals surface area contributed by atoms with Crippen LogP contribution >= 0.6 is 11.6 Å². The molecule has 0 atom stereocenters. The topological polar surface area (TPSA) is 60.9 Å². The van der Waals surface area contributed by atoms with Gasteiger partial charge in [-0.1, -0.05) is 23.7 Å². The maximum absolute atomic E-state index is 13.0. The molecule has 1 aliphatic rings. The molecule has 186 valence electrons. The van der Waals surface area contributed by atoms with Gasteiger partial charge in [0.1, 0.15) is 0 Å². The summed E-state index contributed by atoms with van der Waals surface area (Å²) in [5.74, 6) is -0.111. The van der Waals surface area contributed by atoms with Gasteiger partial charge >= 0.3 is 6.18 Å². The predicted octanol–water partition coefficient (Wildman–Crippen LogP) is 4.56. The molecule has 11 heteroatoms. The van der Waals surface area contributed by atoms with Gasteiger partial charge in [0.25, 0.3) is 0 Å². The molecule has 0 aromatic heterocycles. The van der Waals surface area contributed by atoms with Gasteiger partial charge in [-0.3, -0.25) is 9.10 Å². The van der Waals surface area contributed by atoms with E-state index in [1.807, 2.05) is 4.90 Å². The van der Waals surface area contributed by atoms with Crippen molar-refractivity contribution < 1.29 is 26.4 Å². The van der Waals surface area contributed by atoms with Crippen molar-refractivity contribution in [2.75, 3.05) is 48.2 Å². The van der Waals surface area contributed by atoms with Crippen molar-refractivity contribution in [3.05, 3.63) is 58.6 Å². The summed E-state index contributed by atoms with van der Waals surface area (Å²) in [6.07, 6.45) is -2.81. The molecular formula is C23H27ClF3N3O3S. The lowest BCUT2D eigenvalue weighted by atomic mass is 10.1. The first-order valence-corrected chi connectivity index (χ1v) is 13.0. The van der Waals surface area contributed by atoms with Gasteiger partial charge in [0.15, 0.2) is 0 Å². The number of carbonyl (C=O) groups excluding carboxylic acids is 1. The van der Waals surface area contributed by atoms with Gasteiger partial charge in [-0.25, -0.2) is 8.42 Å². The van der Waals surface area contributed by atoms with Crippen molar-refractivity contribution in [2.24, 2.45) is 0 Å². The van der Waals surface area contributed by atoms with Crippen LogP contribution in [0.3, 0.4) is 0 Å². The summed E-state index contributed by atoms with van der Waals surface area (Å²) in [5, 5.41) is 0.459. The number of carbonyl (C=O) groups is 1. The van der Waals surface area contributed by atoms with Crippen LogP contribution in [0.15, 0.2) is 42.5 Å². The zero-order valence-corrected chi connectivity index (χ0v) is 20.6. The third kappa shape index (κ3) is 6.35. The number of hydrogen-bond acceptors (Lipinski definition) is 4. The lowest BCUT2D eigenvalue weighted by Gasteiger charge is -2.36. The number of benzene rings is 2. The maximum atomic E-state index is 13.0. The Morgan fingerprint density at radius 1 is 1.09 bits per heavy atom. The fraction of sp³-hybridized carbons (Fsp3) is 0.435. The molecule has 0 aliphatic carbocycles. The maximum Gasteiger partial charge on any atom is 0.416 e. The SMILES string of the molecule is Cc1c(Cl)cccc1N(CCCC(=O)N1CCN(c2cccc(C(F)(F)F)c2)CC1)S(C)(=O)=O. The Kier molecular flexibility index (Phi) is 8.02.